The van der Waals surface area contributed by atoms with Gasteiger partial charge in [-0.1, -0.05) is 39.5 Å². The number of nitrogens with zero attached hydrogens (tertiary/aromatic N) is 3. The van der Waals surface area contributed by atoms with E-state index < -0.39 is 11.7 Å². The van der Waals surface area contributed by atoms with Gasteiger partial charge in [0.1, 0.15) is 5.82 Å². The van der Waals surface area contributed by atoms with Gasteiger partial charge in [-0.2, -0.15) is 13.2 Å². The molecule has 0 aromatic carbocycles. The highest BCUT2D eigenvalue weighted by Gasteiger charge is 2.37. The van der Waals surface area contributed by atoms with E-state index in [9.17, 15) is 13.2 Å². The summed E-state index contributed by atoms with van der Waals surface area (Å²) in [5.74, 6) is 1.15. The number of pyridine rings is 2. The molecule has 2 aromatic heterocycles. The summed E-state index contributed by atoms with van der Waals surface area (Å²) in [5, 5.41) is 1.42. The number of hydrogen-bond donors (Lipinski definition) is 1. The molecule has 1 aliphatic rings. The van der Waals surface area contributed by atoms with Crippen molar-refractivity contribution in [3.05, 3.63) is 58.1 Å². The molecule has 3 rings (SSSR count). The van der Waals surface area contributed by atoms with Crippen LogP contribution in [0.4, 0.5) is 19.0 Å². The molecule has 7 heteroatoms. The number of anilines is 1. The van der Waals surface area contributed by atoms with Crippen molar-refractivity contribution >= 4 is 22.2 Å². The third-order valence-corrected chi connectivity index (χ3v) is 7.34. The van der Waals surface area contributed by atoms with Crippen LogP contribution in [-0.4, -0.2) is 40.2 Å². The Hall–Kier alpha value is -2.67. The summed E-state index contributed by atoms with van der Waals surface area (Å²) in [6.45, 7) is 20.8. The van der Waals surface area contributed by atoms with E-state index in [4.69, 9.17) is 5.73 Å². The Balaban J connectivity index is 0.000000551. The highest BCUT2D eigenvalue weighted by atomic mass is 19.4. The fourth-order valence-electron chi connectivity index (χ4n) is 5.19. The maximum atomic E-state index is 13.8. The molecule has 212 valence electrons. The number of aromatic nitrogens is 2. The maximum absolute atomic E-state index is 13.8. The molecule has 1 fully saturated rings. The fourth-order valence-corrected chi connectivity index (χ4v) is 5.19. The van der Waals surface area contributed by atoms with E-state index in [1.807, 2.05) is 13.8 Å². The van der Waals surface area contributed by atoms with Crippen LogP contribution in [0, 0.1) is 26.7 Å². The first-order valence-electron chi connectivity index (χ1n) is 12.8. The molecule has 38 heavy (non-hydrogen) atoms. The van der Waals surface area contributed by atoms with Crippen molar-refractivity contribution in [2.24, 2.45) is 5.92 Å². The Labute approximate surface area is 227 Å². The number of halogens is 3. The van der Waals surface area contributed by atoms with Crippen LogP contribution >= 0.6 is 0 Å². The molecule has 2 N–H and O–H groups in total. The molecule has 0 bridgehead atoms. The fraction of sp³-hybridized carbons (Fsp3) is 0.548. The lowest BCUT2D eigenvalue weighted by Crippen LogP contribution is -2.33. The van der Waals surface area contributed by atoms with Gasteiger partial charge in [0.15, 0.2) is 0 Å². The van der Waals surface area contributed by atoms with Crippen LogP contribution in [-0.2, 0) is 0 Å². The molecule has 2 aromatic rings. The zero-order valence-corrected chi connectivity index (χ0v) is 24.1. The second-order valence-electron chi connectivity index (χ2n) is 10.9. The van der Waals surface area contributed by atoms with Gasteiger partial charge in [-0.05, 0) is 96.4 Å². The van der Waals surface area contributed by atoms with Crippen molar-refractivity contribution in [2.75, 3.05) is 12.8 Å². The molecule has 4 nitrogen and oxygen atoms in total. The number of likely N-dealkylation sites (tertiary alicyclic amines) is 1. The van der Waals surface area contributed by atoms with Gasteiger partial charge in [0.2, 0.25) is 0 Å². The number of fused-ring (bicyclic) bond motifs is 1. The number of alkyl halides is 3. The number of nitrogen functional groups attached to an aromatic ring is 1. The van der Waals surface area contributed by atoms with Gasteiger partial charge in [-0.15, -0.1) is 0 Å². The first-order valence-corrected chi connectivity index (χ1v) is 12.8. The zero-order chi connectivity index (χ0) is 28.4. The van der Waals surface area contributed by atoms with Crippen molar-refractivity contribution in [1.82, 2.24) is 14.9 Å². The highest BCUT2D eigenvalue weighted by Crippen LogP contribution is 2.40. The Morgan fingerprint density at radius 3 is 2.11 bits per heavy atom. The van der Waals surface area contributed by atoms with Crippen LogP contribution in [0.1, 0.15) is 84.3 Å². The summed E-state index contributed by atoms with van der Waals surface area (Å²) < 4.78 is 41.4. The summed E-state index contributed by atoms with van der Waals surface area (Å²) >= 11 is 0. The van der Waals surface area contributed by atoms with Crippen LogP contribution in [0.5, 0.6) is 0 Å². The van der Waals surface area contributed by atoms with Gasteiger partial charge >= 0.3 is 6.18 Å². The second kappa shape index (κ2) is 12.9. The third-order valence-electron chi connectivity index (χ3n) is 7.34. The van der Waals surface area contributed by atoms with Crippen LogP contribution in [0.3, 0.4) is 0 Å². The van der Waals surface area contributed by atoms with Gasteiger partial charge in [-0.3, -0.25) is 4.98 Å². The molecule has 3 heterocycles. The van der Waals surface area contributed by atoms with Gasteiger partial charge in [0.25, 0.3) is 0 Å². The van der Waals surface area contributed by atoms with Crippen molar-refractivity contribution in [3.63, 3.8) is 0 Å². The van der Waals surface area contributed by atoms with E-state index in [1.165, 1.54) is 32.0 Å². The smallest absolute Gasteiger partial charge is 0.383 e. The van der Waals surface area contributed by atoms with E-state index in [-0.39, 0.29) is 24.3 Å². The summed E-state index contributed by atoms with van der Waals surface area (Å²) in [7, 11) is 2.25. The average Bonchev–Trinajstić information content (AvgIpc) is 3.09. The topological polar surface area (TPSA) is 55.0 Å². The number of rotatable bonds is 4. The zero-order valence-electron chi connectivity index (χ0n) is 24.1. The van der Waals surface area contributed by atoms with Gasteiger partial charge in [0.05, 0.1) is 11.3 Å². The quantitative estimate of drug-likeness (QED) is 0.400. The van der Waals surface area contributed by atoms with E-state index >= 15 is 0 Å². The van der Waals surface area contributed by atoms with E-state index in [1.54, 1.807) is 20.8 Å². The van der Waals surface area contributed by atoms with Crippen molar-refractivity contribution < 1.29 is 13.2 Å². The third kappa shape index (κ3) is 7.25. The van der Waals surface area contributed by atoms with E-state index in [2.05, 4.69) is 49.3 Å². The van der Waals surface area contributed by atoms with Crippen LogP contribution in [0.2, 0.25) is 0 Å². The first-order chi connectivity index (χ1) is 17.0. The SMILES string of the molecule is C.C=C(C)/C(=C(\C=C(C)C)c1ncc2c(N)nc(C)c(C)c2c1C)C(F)(F)F.CC(C)C1CCC(C)N1C. The lowest BCUT2D eigenvalue weighted by atomic mass is 9.92. The second-order valence-corrected chi connectivity index (χ2v) is 10.9. The minimum Gasteiger partial charge on any atom is -0.383 e. The molecule has 1 aliphatic heterocycles. The maximum Gasteiger partial charge on any atom is 0.417 e. The molecule has 2 atom stereocenters. The number of hydrogen-bond acceptors (Lipinski definition) is 4. The summed E-state index contributed by atoms with van der Waals surface area (Å²) in [4.78, 5) is 11.2. The average molecular weight is 533 g/mol. The van der Waals surface area contributed by atoms with Gasteiger partial charge < -0.3 is 10.6 Å². The standard InChI is InChI=1S/C21H24F3N3.C9H19N.CH4/c1-10(2)8-15(18(11(3)4)21(22,23)24)19-13(6)17-12(5)14(7)27-20(25)16(17)9-26-19;1-7(2)9-6-5-8(3)10(9)4;/h8-9H,3H2,1-2,4-7H3,(H2,25,27);7-9H,5-6H2,1-4H3;1H4/b18-15-;;. The van der Waals surface area contributed by atoms with Crippen LogP contribution in [0.25, 0.3) is 16.3 Å². The molecule has 0 aliphatic carbocycles. The first kappa shape index (κ1) is 33.4. The molecular formula is C31H47F3N4. The number of allylic oxidation sites excluding steroid dienone is 5. The summed E-state index contributed by atoms with van der Waals surface area (Å²) in [5.41, 5.74) is 8.46. The Morgan fingerprint density at radius 2 is 1.71 bits per heavy atom. The number of aryl methyl sites for hydroxylation is 3. The molecule has 0 saturated carbocycles. The van der Waals surface area contributed by atoms with Crippen LogP contribution < -0.4 is 5.73 Å². The largest absolute Gasteiger partial charge is 0.417 e. The Bertz CT molecular complexity index is 1220. The van der Waals surface area contributed by atoms with Crippen LogP contribution in [0.15, 0.2) is 35.6 Å². The Kier molecular flexibility index (Phi) is 11.3. The Morgan fingerprint density at radius 1 is 1.13 bits per heavy atom. The van der Waals surface area contributed by atoms with Crippen molar-refractivity contribution in [2.45, 2.75) is 101 Å². The summed E-state index contributed by atoms with van der Waals surface area (Å²) in [6.07, 6.45) is 1.25. The monoisotopic (exact) mass is 532 g/mol. The van der Waals surface area contributed by atoms with Gasteiger partial charge in [-0.25, -0.2) is 4.98 Å². The minimum absolute atomic E-state index is 0. The molecule has 1 saturated heterocycles. The predicted octanol–water partition coefficient (Wildman–Crippen LogP) is 8.76. The van der Waals surface area contributed by atoms with Crippen molar-refractivity contribution in [1.29, 1.82) is 0 Å². The molecule has 2 unspecified atom stereocenters. The lowest BCUT2D eigenvalue weighted by molar-refractivity contribution is -0.0886. The lowest BCUT2D eigenvalue weighted by Gasteiger charge is -2.26. The molecule has 0 amide bonds. The predicted molar refractivity (Wildman–Crippen MR) is 157 cm³/mol. The van der Waals surface area contributed by atoms with Gasteiger partial charge in [0, 0.05) is 34.9 Å². The normalized spacial score (nSPS) is 18.5. The molecule has 0 radical (unpaired) electrons. The molecule has 0 spiro atoms. The number of nitrogens with two attached hydrogens (primary N) is 1. The summed E-state index contributed by atoms with van der Waals surface area (Å²) in [6, 6.07) is 1.65. The van der Waals surface area contributed by atoms with Crippen molar-refractivity contribution in [3.8, 4) is 0 Å². The molecular weight excluding hydrogens is 485 g/mol. The minimum atomic E-state index is -4.54. The van der Waals surface area contributed by atoms with E-state index in [0.29, 0.717) is 16.8 Å². The van der Waals surface area contributed by atoms with E-state index in [0.717, 1.165) is 40.2 Å². The highest BCUT2D eigenvalue weighted by molar-refractivity contribution is 5.98.